The van der Waals surface area contributed by atoms with E-state index in [4.69, 9.17) is 5.11 Å². The van der Waals surface area contributed by atoms with Gasteiger partial charge in [-0.3, -0.25) is 4.79 Å². The molecule has 0 spiro atoms. The van der Waals surface area contributed by atoms with Gasteiger partial charge in [-0.25, -0.2) is 0 Å². The number of rotatable bonds is 6. The Hall–Kier alpha value is -1.25. The third-order valence-corrected chi connectivity index (χ3v) is 4.73. The molecule has 0 aliphatic carbocycles. The summed E-state index contributed by atoms with van der Waals surface area (Å²) in [5.74, 6) is -0.862. The number of nitrogens with zero attached hydrogens (tertiary/aromatic N) is 2. The lowest BCUT2D eigenvalue weighted by Gasteiger charge is -2.03. The van der Waals surface area contributed by atoms with Crippen molar-refractivity contribution in [3.8, 4) is 0 Å². The fourth-order valence-corrected chi connectivity index (χ4v) is 3.22. The third kappa shape index (κ3) is 4.41. The molecule has 1 heterocycles. The molecule has 0 atom stereocenters. The predicted molar refractivity (Wildman–Crippen MR) is 79.8 cm³/mol. The summed E-state index contributed by atoms with van der Waals surface area (Å²) in [5.41, 5.74) is 0.942. The zero-order valence-electron chi connectivity index (χ0n) is 9.99. The number of hydrogen-bond donors (Lipinski definition) is 2. The van der Waals surface area contributed by atoms with Gasteiger partial charge in [0.2, 0.25) is 5.13 Å². The molecule has 1 aromatic carbocycles. The average Bonchev–Trinajstić information content (AvgIpc) is 2.84. The molecule has 0 aliphatic rings. The predicted octanol–water partition coefficient (Wildman–Crippen LogP) is 3.18. The number of aliphatic carboxylic acids is 1. The van der Waals surface area contributed by atoms with Crippen LogP contribution in [0, 0.1) is 0 Å². The lowest BCUT2D eigenvalue weighted by molar-refractivity contribution is -0.133. The first-order valence-corrected chi connectivity index (χ1v) is 8.29. The number of benzene rings is 1. The standard InChI is InChI=1S/C11H11N3O2S3/c1-17-8-4-2-3-7(5-8)12-10-13-14-11(19-10)18-6-9(15)16/h2-5H,6H2,1H3,(H,12,13)(H,15,16). The fraction of sp³-hybridized carbons (Fsp3) is 0.182. The van der Waals surface area contributed by atoms with Crippen LogP contribution in [-0.4, -0.2) is 33.3 Å². The second-order valence-electron chi connectivity index (χ2n) is 3.41. The lowest BCUT2D eigenvalue weighted by Crippen LogP contribution is -1.96. The Kier molecular flexibility index (Phi) is 5.06. The van der Waals surface area contributed by atoms with Gasteiger partial charge < -0.3 is 10.4 Å². The summed E-state index contributed by atoms with van der Waals surface area (Å²) in [6.45, 7) is 0. The zero-order chi connectivity index (χ0) is 13.7. The Labute approximate surface area is 122 Å². The number of anilines is 2. The van der Waals surface area contributed by atoms with Crippen molar-refractivity contribution in [1.82, 2.24) is 10.2 Å². The number of carboxylic acids is 1. The Morgan fingerprint density at radius 3 is 3.05 bits per heavy atom. The zero-order valence-corrected chi connectivity index (χ0v) is 12.4. The Bertz CT molecular complexity index is 574. The molecule has 100 valence electrons. The second-order valence-corrected chi connectivity index (χ2v) is 6.49. The van der Waals surface area contributed by atoms with Gasteiger partial charge in [-0.05, 0) is 24.5 Å². The number of nitrogens with one attached hydrogen (secondary N) is 1. The first-order chi connectivity index (χ1) is 9.17. The second kappa shape index (κ2) is 6.78. The highest BCUT2D eigenvalue weighted by atomic mass is 32.2. The normalized spacial score (nSPS) is 10.4. The van der Waals surface area contributed by atoms with Gasteiger partial charge in [-0.2, -0.15) is 0 Å². The molecule has 0 fully saturated rings. The molecule has 5 nitrogen and oxygen atoms in total. The van der Waals surface area contributed by atoms with Crippen LogP contribution < -0.4 is 5.32 Å². The summed E-state index contributed by atoms with van der Waals surface area (Å²) < 4.78 is 0.644. The van der Waals surface area contributed by atoms with E-state index in [0.29, 0.717) is 9.47 Å². The number of carbonyl (C=O) groups is 1. The van der Waals surface area contributed by atoms with Crippen LogP contribution in [0.3, 0.4) is 0 Å². The molecule has 8 heteroatoms. The van der Waals surface area contributed by atoms with E-state index in [9.17, 15) is 4.79 Å². The SMILES string of the molecule is CSc1cccc(Nc2nnc(SCC(=O)O)s2)c1. The van der Waals surface area contributed by atoms with E-state index < -0.39 is 5.97 Å². The molecule has 2 aromatic rings. The highest BCUT2D eigenvalue weighted by molar-refractivity contribution is 8.01. The van der Waals surface area contributed by atoms with E-state index in [1.165, 1.54) is 23.1 Å². The highest BCUT2D eigenvalue weighted by Gasteiger charge is 2.07. The maximum atomic E-state index is 10.5. The van der Waals surface area contributed by atoms with Crippen LogP contribution in [0.5, 0.6) is 0 Å². The van der Waals surface area contributed by atoms with E-state index in [2.05, 4.69) is 15.5 Å². The molecule has 0 saturated carbocycles. The van der Waals surface area contributed by atoms with Gasteiger partial charge in [0.05, 0.1) is 5.75 Å². The van der Waals surface area contributed by atoms with Gasteiger partial charge in [-0.15, -0.1) is 22.0 Å². The molecule has 2 rings (SSSR count). The monoisotopic (exact) mass is 313 g/mol. The molecule has 1 aromatic heterocycles. The summed E-state index contributed by atoms with van der Waals surface area (Å²) in [7, 11) is 0. The maximum Gasteiger partial charge on any atom is 0.313 e. The summed E-state index contributed by atoms with van der Waals surface area (Å²) in [6, 6.07) is 7.97. The summed E-state index contributed by atoms with van der Waals surface area (Å²) in [5, 5.41) is 20.3. The first kappa shape index (κ1) is 14.2. The van der Waals surface area contributed by atoms with Crippen LogP contribution in [0.4, 0.5) is 10.8 Å². The number of hydrogen-bond acceptors (Lipinski definition) is 7. The fourth-order valence-electron chi connectivity index (χ4n) is 1.27. The quantitative estimate of drug-likeness (QED) is 0.793. The van der Waals surface area contributed by atoms with Crippen molar-refractivity contribution < 1.29 is 9.90 Å². The van der Waals surface area contributed by atoms with E-state index in [-0.39, 0.29) is 5.75 Å². The van der Waals surface area contributed by atoms with E-state index >= 15 is 0 Å². The van der Waals surface area contributed by atoms with Crippen molar-refractivity contribution >= 4 is 51.6 Å². The summed E-state index contributed by atoms with van der Waals surface area (Å²) >= 11 is 4.18. The maximum absolute atomic E-state index is 10.5. The molecule has 2 N–H and O–H groups in total. The molecular formula is C11H11N3O2S3. The molecule has 0 unspecified atom stereocenters. The van der Waals surface area contributed by atoms with Gasteiger partial charge in [0.1, 0.15) is 0 Å². The number of thioether (sulfide) groups is 2. The number of aromatic nitrogens is 2. The van der Waals surface area contributed by atoms with Crippen LogP contribution in [0.15, 0.2) is 33.5 Å². The van der Waals surface area contributed by atoms with Crippen molar-refractivity contribution in [2.24, 2.45) is 0 Å². The van der Waals surface area contributed by atoms with Crippen LogP contribution in [0.2, 0.25) is 0 Å². The Morgan fingerprint density at radius 2 is 2.32 bits per heavy atom. The molecular weight excluding hydrogens is 302 g/mol. The Balaban J connectivity index is 2.00. The molecule has 19 heavy (non-hydrogen) atoms. The van der Waals surface area contributed by atoms with Gasteiger partial charge in [0, 0.05) is 10.6 Å². The topological polar surface area (TPSA) is 75.1 Å². The van der Waals surface area contributed by atoms with Crippen LogP contribution in [0.1, 0.15) is 0 Å². The van der Waals surface area contributed by atoms with E-state index in [1.54, 1.807) is 11.8 Å². The minimum atomic E-state index is -0.859. The van der Waals surface area contributed by atoms with Crippen LogP contribution in [0.25, 0.3) is 0 Å². The molecule has 0 radical (unpaired) electrons. The molecule has 0 amide bonds. The highest BCUT2D eigenvalue weighted by Crippen LogP contribution is 2.28. The minimum absolute atomic E-state index is 0.00338. The van der Waals surface area contributed by atoms with Crippen LogP contribution >= 0.6 is 34.9 Å². The van der Waals surface area contributed by atoms with Gasteiger partial charge >= 0.3 is 5.97 Å². The first-order valence-electron chi connectivity index (χ1n) is 5.26. The lowest BCUT2D eigenvalue weighted by atomic mass is 10.3. The van der Waals surface area contributed by atoms with Crippen molar-refractivity contribution in [3.63, 3.8) is 0 Å². The molecule has 0 aliphatic heterocycles. The largest absolute Gasteiger partial charge is 0.481 e. The smallest absolute Gasteiger partial charge is 0.313 e. The van der Waals surface area contributed by atoms with Gasteiger partial charge in [-0.1, -0.05) is 29.2 Å². The Morgan fingerprint density at radius 1 is 1.47 bits per heavy atom. The van der Waals surface area contributed by atoms with Crippen molar-refractivity contribution in [3.05, 3.63) is 24.3 Å². The number of carboxylic acid groups (broad SMARTS) is 1. The molecule has 0 bridgehead atoms. The van der Waals surface area contributed by atoms with E-state index in [0.717, 1.165) is 10.6 Å². The van der Waals surface area contributed by atoms with Crippen molar-refractivity contribution in [2.45, 2.75) is 9.24 Å². The summed E-state index contributed by atoms with van der Waals surface area (Å²) in [4.78, 5) is 11.6. The van der Waals surface area contributed by atoms with Crippen LogP contribution in [-0.2, 0) is 4.79 Å². The molecule has 0 saturated heterocycles. The minimum Gasteiger partial charge on any atom is -0.481 e. The third-order valence-electron chi connectivity index (χ3n) is 2.05. The van der Waals surface area contributed by atoms with Gasteiger partial charge in [0.25, 0.3) is 0 Å². The average molecular weight is 313 g/mol. The van der Waals surface area contributed by atoms with Gasteiger partial charge in [0.15, 0.2) is 4.34 Å². The van der Waals surface area contributed by atoms with E-state index in [1.807, 2.05) is 30.5 Å². The van der Waals surface area contributed by atoms with Crippen molar-refractivity contribution in [2.75, 3.05) is 17.3 Å². The van der Waals surface area contributed by atoms with Crippen molar-refractivity contribution in [1.29, 1.82) is 0 Å². The summed E-state index contributed by atoms with van der Waals surface area (Å²) in [6.07, 6.45) is 2.02.